The van der Waals surface area contributed by atoms with Crippen molar-refractivity contribution < 1.29 is 19.4 Å². The summed E-state index contributed by atoms with van der Waals surface area (Å²) in [5.41, 5.74) is -0.659. The molecule has 1 N–H and O–H groups in total. The maximum atomic E-state index is 12.6. The van der Waals surface area contributed by atoms with Gasteiger partial charge in [0.25, 0.3) is 0 Å². The maximum Gasteiger partial charge on any atom is 0.310 e. The zero-order valence-electron chi connectivity index (χ0n) is 10.6. The second kappa shape index (κ2) is 3.60. The van der Waals surface area contributed by atoms with Crippen molar-refractivity contribution in [3.63, 3.8) is 0 Å². The molecule has 4 rings (SSSR count). The van der Waals surface area contributed by atoms with Gasteiger partial charge in [-0.1, -0.05) is 25.0 Å². The monoisotopic (exact) mass is 263 g/mol. The Balaban J connectivity index is 1.69. The van der Waals surface area contributed by atoms with Crippen LogP contribution in [0, 0.1) is 11.8 Å². The van der Waals surface area contributed by atoms with Gasteiger partial charge in [-0.2, -0.15) is 0 Å². The normalized spacial score (nSPS) is 44.3. The number of carboxylic acid groups (broad SMARTS) is 1. The Bertz CT molecular complexity index is 482. The standard InChI is InChI=1S/C14H17NO4/c16-12-11-10(13(17)18)9-5-6-14(11,19-9)7-15(12)8-3-1-2-4-8/h5-6,8-11H,1-4,7H2,(H,17,18)/t9-,10-,11+,14-/m1/s1. The van der Waals surface area contributed by atoms with E-state index in [-0.39, 0.29) is 11.9 Å². The second-order valence-electron chi connectivity index (χ2n) is 6.14. The van der Waals surface area contributed by atoms with Gasteiger partial charge in [0, 0.05) is 6.04 Å². The molecule has 1 amide bonds. The molecule has 0 radical (unpaired) electrons. The van der Waals surface area contributed by atoms with Crippen molar-refractivity contribution in [1.82, 2.24) is 4.90 Å². The number of ether oxygens (including phenoxy) is 1. The third-order valence-corrected chi connectivity index (χ3v) is 5.18. The summed E-state index contributed by atoms with van der Waals surface area (Å²) in [6.45, 7) is 0.540. The summed E-state index contributed by atoms with van der Waals surface area (Å²) < 4.78 is 5.86. The molecule has 3 aliphatic heterocycles. The van der Waals surface area contributed by atoms with Crippen LogP contribution in [-0.4, -0.2) is 46.2 Å². The van der Waals surface area contributed by atoms with E-state index < -0.39 is 29.5 Å². The van der Waals surface area contributed by atoms with E-state index in [1.54, 1.807) is 0 Å². The molecule has 0 aromatic rings. The van der Waals surface area contributed by atoms with Crippen molar-refractivity contribution in [2.45, 2.75) is 43.4 Å². The highest BCUT2D eigenvalue weighted by molar-refractivity contribution is 5.91. The van der Waals surface area contributed by atoms with E-state index in [1.165, 1.54) is 0 Å². The van der Waals surface area contributed by atoms with E-state index in [9.17, 15) is 14.7 Å². The van der Waals surface area contributed by atoms with Gasteiger partial charge in [-0.15, -0.1) is 0 Å². The highest BCUT2D eigenvalue weighted by atomic mass is 16.5. The van der Waals surface area contributed by atoms with Crippen molar-refractivity contribution in [1.29, 1.82) is 0 Å². The first kappa shape index (κ1) is 11.5. The van der Waals surface area contributed by atoms with Crippen LogP contribution in [0.15, 0.2) is 12.2 Å². The lowest BCUT2D eigenvalue weighted by molar-refractivity contribution is -0.148. The summed E-state index contributed by atoms with van der Waals surface area (Å²) in [5, 5.41) is 9.36. The SMILES string of the molecule is O=C(O)[C@H]1[C@H]2C(=O)N(C3CCCC3)C[C@]23C=C[C@H]1O3. The lowest BCUT2D eigenvalue weighted by Gasteiger charge is -2.26. The number of carbonyl (C=O) groups is 2. The van der Waals surface area contributed by atoms with Gasteiger partial charge >= 0.3 is 5.97 Å². The van der Waals surface area contributed by atoms with Crippen LogP contribution in [0.2, 0.25) is 0 Å². The molecule has 4 atom stereocenters. The summed E-state index contributed by atoms with van der Waals surface area (Å²) in [7, 11) is 0. The van der Waals surface area contributed by atoms with Crippen LogP contribution in [-0.2, 0) is 14.3 Å². The fraction of sp³-hybridized carbons (Fsp3) is 0.714. The molecule has 1 spiro atoms. The van der Waals surface area contributed by atoms with Crippen molar-refractivity contribution in [2.75, 3.05) is 6.54 Å². The molecule has 19 heavy (non-hydrogen) atoms. The number of carbonyl (C=O) groups excluding carboxylic acids is 1. The van der Waals surface area contributed by atoms with Crippen LogP contribution in [0.1, 0.15) is 25.7 Å². The minimum atomic E-state index is -0.914. The number of aliphatic carboxylic acids is 1. The molecule has 3 fully saturated rings. The van der Waals surface area contributed by atoms with Crippen molar-refractivity contribution >= 4 is 11.9 Å². The van der Waals surface area contributed by atoms with E-state index in [1.807, 2.05) is 17.1 Å². The third kappa shape index (κ3) is 1.34. The van der Waals surface area contributed by atoms with E-state index in [4.69, 9.17) is 4.74 Å². The zero-order chi connectivity index (χ0) is 13.2. The van der Waals surface area contributed by atoms with Crippen LogP contribution in [0.3, 0.4) is 0 Å². The summed E-state index contributed by atoms with van der Waals surface area (Å²) in [5.74, 6) is -2.14. The van der Waals surface area contributed by atoms with Crippen LogP contribution < -0.4 is 0 Å². The van der Waals surface area contributed by atoms with Gasteiger partial charge in [0.15, 0.2) is 0 Å². The summed E-state index contributed by atoms with van der Waals surface area (Å²) >= 11 is 0. The Morgan fingerprint density at radius 1 is 1.42 bits per heavy atom. The molecular formula is C14H17NO4. The van der Waals surface area contributed by atoms with Crippen molar-refractivity contribution in [3.8, 4) is 0 Å². The van der Waals surface area contributed by atoms with E-state index >= 15 is 0 Å². The summed E-state index contributed by atoms with van der Waals surface area (Å²) in [4.78, 5) is 25.9. The number of fused-ring (bicyclic) bond motifs is 1. The van der Waals surface area contributed by atoms with Gasteiger partial charge in [0.1, 0.15) is 11.5 Å². The van der Waals surface area contributed by atoms with Crippen LogP contribution in [0.4, 0.5) is 0 Å². The number of carboxylic acids is 1. The molecule has 5 nitrogen and oxygen atoms in total. The Kier molecular flexibility index (Phi) is 2.17. The number of likely N-dealkylation sites (tertiary alicyclic amines) is 1. The number of rotatable bonds is 2. The smallest absolute Gasteiger partial charge is 0.310 e. The van der Waals surface area contributed by atoms with Gasteiger partial charge in [-0.25, -0.2) is 0 Å². The maximum absolute atomic E-state index is 12.6. The first-order valence-electron chi connectivity index (χ1n) is 7.03. The van der Waals surface area contributed by atoms with Crippen molar-refractivity contribution in [3.05, 3.63) is 12.2 Å². The molecular weight excluding hydrogens is 246 g/mol. The first-order chi connectivity index (χ1) is 9.12. The molecule has 2 bridgehead atoms. The lowest BCUT2D eigenvalue weighted by atomic mass is 9.77. The average molecular weight is 263 g/mol. The average Bonchev–Trinajstić information content (AvgIpc) is 3.09. The number of amides is 1. The molecule has 5 heteroatoms. The van der Waals surface area contributed by atoms with Gasteiger partial charge in [0.05, 0.1) is 18.6 Å². The largest absolute Gasteiger partial charge is 0.481 e. The molecule has 102 valence electrons. The first-order valence-corrected chi connectivity index (χ1v) is 7.03. The quantitative estimate of drug-likeness (QED) is 0.748. The van der Waals surface area contributed by atoms with E-state index in [0.29, 0.717) is 6.54 Å². The highest BCUT2D eigenvalue weighted by Crippen LogP contribution is 2.52. The second-order valence-corrected chi connectivity index (χ2v) is 6.14. The minimum absolute atomic E-state index is 0.00819. The van der Waals surface area contributed by atoms with E-state index in [2.05, 4.69) is 0 Å². The molecule has 4 aliphatic rings. The number of hydrogen-bond donors (Lipinski definition) is 1. The van der Waals surface area contributed by atoms with Crippen LogP contribution >= 0.6 is 0 Å². The van der Waals surface area contributed by atoms with Crippen LogP contribution in [0.5, 0.6) is 0 Å². The molecule has 1 saturated carbocycles. The minimum Gasteiger partial charge on any atom is -0.481 e. The Labute approximate surface area is 111 Å². The highest BCUT2D eigenvalue weighted by Gasteiger charge is 2.67. The summed E-state index contributed by atoms with van der Waals surface area (Å²) in [6, 6.07) is 0.290. The van der Waals surface area contributed by atoms with Crippen LogP contribution in [0.25, 0.3) is 0 Å². The lowest BCUT2D eigenvalue weighted by Crippen LogP contribution is -2.40. The van der Waals surface area contributed by atoms with Gasteiger partial charge in [-0.3, -0.25) is 9.59 Å². The predicted molar refractivity (Wildman–Crippen MR) is 65.3 cm³/mol. The third-order valence-electron chi connectivity index (χ3n) is 5.18. The topological polar surface area (TPSA) is 66.8 Å². The molecule has 1 aliphatic carbocycles. The Hall–Kier alpha value is -1.36. The molecule has 0 unspecified atom stereocenters. The summed E-state index contributed by atoms with van der Waals surface area (Å²) in [6.07, 6.45) is 7.73. The number of hydrogen-bond acceptors (Lipinski definition) is 3. The molecule has 0 aromatic carbocycles. The zero-order valence-corrected chi connectivity index (χ0v) is 10.6. The molecule has 3 heterocycles. The fourth-order valence-electron chi connectivity index (χ4n) is 4.34. The fourth-order valence-corrected chi connectivity index (χ4v) is 4.34. The number of nitrogens with zero attached hydrogens (tertiary/aromatic N) is 1. The molecule has 0 aromatic heterocycles. The van der Waals surface area contributed by atoms with Gasteiger partial charge in [-0.05, 0) is 12.8 Å². The predicted octanol–water partition coefficient (Wildman–Crippen LogP) is 0.796. The Morgan fingerprint density at radius 3 is 2.84 bits per heavy atom. The molecule has 2 saturated heterocycles. The van der Waals surface area contributed by atoms with Gasteiger partial charge in [0.2, 0.25) is 5.91 Å². The Morgan fingerprint density at radius 2 is 2.16 bits per heavy atom. The van der Waals surface area contributed by atoms with Gasteiger partial charge < -0.3 is 14.7 Å². The van der Waals surface area contributed by atoms with Crippen molar-refractivity contribution in [2.24, 2.45) is 11.8 Å². The van der Waals surface area contributed by atoms with E-state index in [0.717, 1.165) is 25.7 Å².